The van der Waals surface area contributed by atoms with Crippen LogP contribution < -0.4 is 10.6 Å². The van der Waals surface area contributed by atoms with Gasteiger partial charge in [0.1, 0.15) is 0 Å². The minimum atomic E-state index is 0. The number of halogens is 2. The molecule has 1 saturated heterocycles. The summed E-state index contributed by atoms with van der Waals surface area (Å²) in [6.07, 6.45) is 6.13. The number of carbonyl (C=O) groups excluding carboxylic acids is 1. The van der Waals surface area contributed by atoms with E-state index in [1.165, 1.54) is 6.42 Å². The summed E-state index contributed by atoms with van der Waals surface area (Å²) in [7, 11) is 0. The lowest BCUT2D eigenvalue weighted by Crippen LogP contribution is -2.14. The maximum absolute atomic E-state index is 11.6. The van der Waals surface area contributed by atoms with E-state index in [2.05, 4.69) is 15.6 Å². The molecule has 0 spiro atoms. The van der Waals surface area contributed by atoms with Crippen LogP contribution >= 0.6 is 24.8 Å². The summed E-state index contributed by atoms with van der Waals surface area (Å²) in [5, 5.41) is 6.17. The van der Waals surface area contributed by atoms with Crippen LogP contribution in [0.25, 0.3) is 0 Å². The van der Waals surface area contributed by atoms with Gasteiger partial charge in [0, 0.05) is 24.5 Å². The molecule has 0 radical (unpaired) electrons. The van der Waals surface area contributed by atoms with Crippen molar-refractivity contribution in [3.8, 4) is 0 Å². The molecule has 2 N–H and O–H groups in total. The van der Waals surface area contributed by atoms with Crippen LogP contribution in [0.15, 0.2) is 24.5 Å². The summed E-state index contributed by atoms with van der Waals surface area (Å²) in [4.78, 5) is 15.5. The molecule has 1 aliphatic heterocycles. The number of anilines is 1. The quantitative estimate of drug-likeness (QED) is 0.895. The predicted octanol–water partition coefficient (Wildman–Crippen LogP) is 2.25. The zero-order valence-corrected chi connectivity index (χ0v) is 11.7. The fraction of sp³-hybridized carbons (Fsp3) is 0.500. The second-order valence-corrected chi connectivity index (χ2v) is 4.18. The highest BCUT2D eigenvalue weighted by Crippen LogP contribution is 2.15. The minimum absolute atomic E-state index is 0. The first-order valence-electron chi connectivity index (χ1n) is 5.75. The van der Waals surface area contributed by atoms with Gasteiger partial charge in [-0.2, -0.15) is 0 Å². The molecule has 1 aromatic heterocycles. The molecular formula is C12H19Cl2N3O. The SMILES string of the molecule is Cl.Cl.O=C(CCC1CCNC1)Nc1ccncc1. The molecule has 0 aromatic carbocycles. The first kappa shape index (κ1) is 17.2. The zero-order valence-electron chi connectivity index (χ0n) is 10.1. The number of nitrogens with one attached hydrogen (secondary N) is 2. The Labute approximate surface area is 120 Å². The Hall–Kier alpha value is -0.840. The summed E-state index contributed by atoms with van der Waals surface area (Å²) in [5.74, 6) is 0.765. The smallest absolute Gasteiger partial charge is 0.224 e. The Morgan fingerprint density at radius 3 is 2.72 bits per heavy atom. The van der Waals surface area contributed by atoms with Gasteiger partial charge in [-0.05, 0) is 44.0 Å². The van der Waals surface area contributed by atoms with Crippen LogP contribution in [-0.4, -0.2) is 24.0 Å². The van der Waals surface area contributed by atoms with Crippen LogP contribution in [-0.2, 0) is 4.79 Å². The van der Waals surface area contributed by atoms with E-state index in [0.717, 1.165) is 25.2 Å². The molecule has 1 aliphatic rings. The molecule has 1 aromatic rings. The molecule has 4 nitrogen and oxygen atoms in total. The Kier molecular flexibility index (Phi) is 8.71. The van der Waals surface area contributed by atoms with E-state index in [9.17, 15) is 4.79 Å². The molecule has 1 fully saturated rings. The third-order valence-corrected chi connectivity index (χ3v) is 2.91. The second-order valence-electron chi connectivity index (χ2n) is 4.18. The van der Waals surface area contributed by atoms with E-state index in [4.69, 9.17) is 0 Å². The maximum atomic E-state index is 11.6. The van der Waals surface area contributed by atoms with E-state index in [1.807, 2.05) is 0 Å². The van der Waals surface area contributed by atoms with Gasteiger partial charge in [0.25, 0.3) is 0 Å². The van der Waals surface area contributed by atoms with Crippen LogP contribution in [0.5, 0.6) is 0 Å². The Morgan fingerprint density at radius 1 is 1.39 bits per heavy atom. The zero-order chi connectivity index (χ0) is 11.2. The average molecular weight is 292 g/mol. The highest BCUT2D eigenvalue weighted by Gasteiger charge is 2.15. The summed E-state index contributed by atoms with van der Waals surface area (Å²) >= 11 is 0. The van der Waals surface area contributed by atoms with Gasteiger partial charge in [0.05, 0.1) is 0 Å². The van der Waals surface area contributed by atoms with Crippen molar-refractivity contribution in [2.45, 2.75) is 19.3 Å². The van der Waals surface area contributed by atoms with Gasteiger partial charge in [-0.25, -0.2) is 0 Å². The number of aromatic nitrogens is 1. The van der Waals surface area contributed by atoms with Gasteiger partial charge >= 0.3 is 0 Å². The van der Waals surface area contributed by atoms with Crippen LogP contribution in [0.3, 0.4) is 0 Å². The van der Waals surface area contributed by atoms with Gasteiger partial charge in [-0.3, -0.25) is 9.78 Å². The highest BCUT2D eigenvalue weighted by molar-refractivity contribution is 5.90. The number of hydrogen-bond acceptors (Lipinski definition) is 3. The van der Waals surface area contributed by atoms with E-state index >= 15 is 0 Å². The number of pyridine rings is 1. The number of amides is 1. The minimum Gasteiger partial charge on any atom is -0.326 e. The van der Waals surface area contributed by atoms with Crippen molar-refractivity contribution in [2.75, 3.05) is 18.4 Å². The van der Waals surface area contributed by atoms with E-state index in [0.29, 0.717) is 12.3 Å². The van der Waals surface area contributed by atoms with E-state index in [-0.39, 0.29) is 30.7 Å². The van der Waals surface area contributed by atoms with E-state index < -0.39 is 0 Å². The average Bonchev–Trinajstić information content (AvgIpc) is 2.81. The molecule has 0 bridgehead atoms. The van der Waals surface area contributed by atoms with Crippen molar-refractivity contribution in [3.63, 3.8) is 0 Å². The first-order chi connectivity index (χ1) is 7.84. The maximum Gasteiger partial charge on any atom is 0.224 e. The van der Waals surface area contributed by atoms with Gasteiger partial charge < -0.3 is 10.6 Å². The molecule has 0 saturated carbocycles. The van der Waals surface area contributed by atoms with Gasteiger partial charge in [-0.1, -0.05) is 0 Å². The monoisotopic (exact) mass is 291 g/mol. The third-order valence-electron chi connectivity index (χ3n) is 2.91. The van der Waals surface area contributed by atoms with Gasteiger partial charge in [0.2, 0.25) is 5.91 Å². The summed E-state index contributed by atoms with van der Waals surface area (Å²) in [6.45, 7) is 2.15. The summed E-state index contributed by atoms with van der Waals surface area (Å²) < 4.78 is 0. The van der Waals surface area contributed by atoms with Crippen LogP contribution in [0, 0.1) is 5.92 Å². The Balaban J connectivity index is 0.00000144. The normalized spacial score (nSPS) is 17.4. The number of nitrogens with zero attached hydrogens (tertiary/aromatic N) is 1. The van der Waals surface area contributed by atoms with Crippen LogP contribution in [0.2, 0.25) is 0 Å². The van der Waals surface area contributed by atoms with Crippen molar-refractivity contribution in [1.29, 1.82) is 0 Å². The summed E-state index contributed by atoms with van der Waals surface area (Å²) in [6, 6.07) is 3.60. The van der Waals surface area contributed by atoms with Gasteiger partial charge in [0.15, 0.2) is 0 Å². The lowest BCUT2D eigenvalue weighted by atomic mass is 10.0. The van der Waals surface area contributed by atoms with Gasteiger partial charge in [-0.15, -0.1) is 24.8 Å². The molecular weight excluding hydrogens is 273 g/mol. The highest BCUT2D eigenvalue weighted by atomic mass is 35.5. The Morgan fingerprint density at radius 2 is 2.11 bits per heavy atom. The van der Waals surface area contributed by atoms with Crippen molar-refractivity contribution >= 4 is 36.4 Å². The van der Waals surface area contributed by atoms with E-state index in [1.54, 1.807) is 24.5 Å². The standard InChI is InChI=1S/C12H17N3O.2ClH/c16-12(2-1-10-3-6-14-9-10)15-11-4-7-13-8-5-11;;/h4-5,7-8,10,14H,1-3,6,9H2,(H,13,15,16);2*1H. The number of rotatable bonds is 4. The van der Waals surface area contributed by atoms with Crippen molar-refractivity contribution < 1.29 is 4.79 Å². The molecule has 18 heavy (non-hydrogen) atoms. The molecule has 0 aliphatic carbocycles. The van der Waals surface area contributed by atoms with Crippen molar-refractivity contribution in [2.24, 2.45) is 5.92 Å². The molecule has 1 atom stereocenters. The summed E-state index contributed by atoms with van der Waals surface area (Å²) in [5.41, 5.74) is 0.824. The fourth-order valence-electron chi connectivity index (χ4n) is 1.95. The molecule has 2 rings (SSSR count). The van der Waals surface area contributed by atoms with Crippen LogP contribution in [0.4, 0.5) is 5.69 Å². The largest absolute Gasteiger partial charge is 0.326 e. The molecule has 102 valence electrons. The fourth-order valence-corrected chi connectivity index (χ4v) is 1.95. The first-order valence-corrected chi connectivity index (χ1v) is 5.75. The van der Waals surface area contributed by atoms with Crippen LogP contribution in [0.1, 0.15) is 19.3 Å². The molecule has 2 heterocycles. The van der Waals surface area contributed by atoms with Crippen molar-refractivity contribution in [1.82, 2.24) is 10.3 Å². The second kappa shape index (κ2) is 9.14. The lowest BCUT2D eigenvalue weighted by molar-refractivity contribution is -0.116. The number of carbonyl (C=O) groups is 1. The third kappa shape index (κ3) is 5.67. The molecule has 1 amide bonds. The predicted molar refractivity (Wildman–Crippen MR) is 77.6 cm³/mol. The molecule has 6 heteroatoms. The lowest BCUT2D eigenvalue weighted by Gasteiger charge is -2.08. The molecule has 1 unspecified atom stereocenters. The van der Waals surface area contributed by atoms with Crippen molar-refractivity contribution in [3.05, 3.63) is 24.5 Å². The Bertz CT molecular complexity index is 342. The number of hydrogen-bond donors (Lipinski definition) is 2. The topological polar surface area (TPSA) is 54.0 Å².